The molecule has 0 atom stereocenters. The molecular formula is C13H17NO2. The van der Waals surface area contributed by atoms with E-state index in [0.29, 0.717) is 18.1 Å². The van der Waals surface area contributed by atoms with E-state index in [4.69, 9.17) is 4.74 Å². The fourth-order valence-electron chi connectivity index (χ4n) is 1.74. The van der Waals surface area contributed by atoms with Gasteiger partial charge in [0.05, 0.1) is 12.2 Å². The van der Waals surface area contributed by atoms with E-state index in [-0.39, 0.29) is 5.97 Å². The van der Waals surface area contributed by atoms with Crippen molar-refractivity contribution in [1.29, 1.82) is 0 Å². The Bertz CT molecular complexity index is 399. The Balaban J connectivity index is 2.06. The van der Waals surface area contributed by atoms with Gasteiger partial charge in [-0.2, -0.15) is 0 Å². The predicted molar refractivity (Wildman–Crippen MR) is 63.8 cm³/mol. The average molecular weight is 219 g/mol. The Morgan fingerprint density at radius 3 is 3.06 bits per heavy atom. The number of hydrogen-bond acceptors (Lipinski definition) is 3. The fraction of sp³-hybridized carbons (Fsp3) is 0.462. The van der Waals surface area contributed by atoms with E-state index in [2.05, 4.69) is 5.32 Å². The van der Waals surface area contributed by atoms with Crippen molar-refractivity contribution in [3.8, 4) is 0 Å². The molecule has 1 aromatic rings. The molecular weight excluding hydrogens is 202 g/mol. The molecule has 0 amide bonds. The first-order chi connectivity index (χ1) is 7.66. The van der Waals surface area contributed by atoms with Crippen molar-refractivity contribution in [2.75, 3.05) is 18.5 Å². The smallest absolute Gasteiger partial charge is 0.338 e. The molecule has 86 valence electrons. The van der Waals surface area contributed by atoms with Crippen LogP contribution in [0.4, 0.5) is 5.69 Å². The fourth-order valence-corrected chi connectivity index (χ4v) is 1.74. The zero-order valence-electron chi connectivity index (χ0n) is 9.75. The van der Waals surface area contributed by atoms with Gasteiger partial charge < -0.3 is 10.1 Å². The lowest BCUT2D eigenvalue weighted by atomic mass is 10.1. The van der Waals surface area contributed by atoms with E-state index in [0.717, 1.165) is 18.7 Å². The number of carbonyl (C=O) groups is 1. The lowest BCUT2D eigenvalue weighted by Crippen LogP contribution is -2.10. The summed E-state index contributed by atoms with van der Waals surface area (Å²) >= 11 is 0. The summed E-state index contributed by atoms with van der Waals surface area (Å²) in [6.07, 6.45) is 1.04. The summed E-state index contributed by atoms with van der Waals surface area (Å²) in [5, 5.41) is 3.25. The first-order valence-electron chi connectivity index (χ1n) is 5.71. The minimum absolute atomic E-state index is 0.231. The summed E-state index contributed by atoms with van der Waals surface area (Å²) in [6.45, 7) is 5.48. The van der Waals surface area contributed by atoms with E-state index in [9.17, 15) is 4.79 Å². The highest BCUT2D eigenvalue weighted by atomic mass is 16.5. The third kappa shape index (κ3) is 2.35. The third-order valence-corrected chi connectivity index (χ3v) is 2.60. The molecule has 1 aliphatic heterocycles. The average Bonchev–Trinajstić information content (AvgIpc) is 2.72. The molecule has 0 bridgehead atoms. The SMILES string of the molecule is CC(C)COC(=O)c1ccc2c(c1)NCC2. The lowest BCUT2D eigenvalue weighted by Gasteiger charge is -2.08. The molecule has 3 heteroatoms. The van der Waals surface area contributed by atoms with Crippen molar-refractivity contribution in [2.24, 2.45) is 5.92 Å². The number of carbonyl (C=O) groups excluding carboxylic acids is 1. The van der Waals surface area contributed by atoms with Gasteiger partial charge in [-0.3, -0.25) is 0 Å². The van der Waals surface area contributed by atoms with Gasteiger partial charge in [-0.25, -0.2) is 4.79 Å². The van der Waals surface area contributed by atoms with Crippen molar-refractivity contribution >= 4 is 11.7 Å². The minimum atomic E-state index is -0.231. The van der Waals surface area contributed by atoms with Gasteiger partial charge in [0.2, 0.25) is 0 Å². The van der Waals surface area contributed by atoms with Crippen LogP contribution >= 0.6 is 0 Å². The van der Waals surface area contributed by atoms with Gasteiger partial charge >= 0.3 is 5.97 Å². The number of rotatable bonds is 3. The number of benzene rings is 1. The molecule has 3 nitrogen and oxygen atoms in total. The largest absolute Gasteiger partial charge is 0.462 e. The molecule has 0 radical (unpaired) electrons. The monoisotopic (exact) mass is 219 g/mol. The van der Waals surface area contributed by atoms with Gasteiger partial charge in [0, 0.05) is 12.2 Å². The van der Waals surface area contributed by atoms with Crippen LogP contribution in [0, 0.1) is 5.92 Å². The second kappa shape index (κ2) is 4.56. The van der Waals surface area contributed by atoms with Crippen molar-refractivity contribution in [1.82, 2.24) is 0 Å². The van der Waals surface area contributed by atoms with Crippen molar-refractivity contribution in [3.63, 3.8) is 0 Å². The van der Waals surface area contributed by atoms with E-state index in [1.807, 2.05) is 32.0 Å². The molecule has 1 aromatic carbocycles. The molecule has 1 N–H and O–H groups in total. The van der Waals surface area contributed by atoms with Crippen LogP contribution in [0.15, 0.2) is 18.2 Å². The van der Waals surface area contributed by atoms with Crippen LogP contribution in [0.5, 0.6) is 0 Å². The highest BCUT2D eigenvalue weighted by Crippen LogP contribution is 2.23. The topological polar surface area (TPSA) is 38.3 Å². The number of fused-ring (bicyclic) bond motifs is 1. The van der Waals surface area contributed by atoms with Crippen LogP contribution in [-0.2, 0) is 11.2 Å². The first-order valence-corrected chi connectivity index (χ1v) is 5.71. The first kappa shape index (κ1) is 11.0. The molecule has 0 spiro atoms. The molecule has 1 heterocycles. The van der Waals surface area contributed by atoms with Crippen molar-refractivity contribution in [2.45, 2.75) is 20.3 Å². The Hall–Kier alpha value is -1.51. The van der Waals surface area contributed by atoms with Crippen molar-refractivity contribution < 1.29 is 9.53 Å². The van der Waals surface area contributed by atoms with Gasteiger partial charge in [0.25, 0.3) is 0 Å². The van der Waals surface area contributed by atoms with Crippen LogP contribution in [0.1, 0.15) is 29.8 Å². The molecule has 0 fully saturated rings. The Morgan fingerprint density at radius 1 is 1.50 bits per heavy atom. The van der Waals surface area contributed by atoms with Crippen LogP contribution in [0.3, 0.4) is 0 Å². The van der Waals surface area contributed by atoms with Crippen LogP contribution in [0.2, 0.25) is 0 Å². The number of anilines is 1. The zero-order valence-corrected chi connectivity index (χ0v) is 9.75. The number of ether oxygens (including phenoxy) is 1. The lowest BCUT2D eigenvalue weighted by molar-refractivity contribution is 0.0459. The molecule has 0 saturated carbocycles. The summed E-state index contributed by atoms with van der Waals surface area (Å²) in [4.78, 5) is 11.7. The normalized spacial score (nSPS) is 13.4. The molecule has 2 rings (SSSR count). The van der Waals surface area contributed by atoms with Gasteiger partial charge in [0.15, 0.2) is 0 Å². The summed E-state index contributed by atoms with van der Waals surface area (Å²) in [5.41, 5.74) is 2.98. The van der Waals surface area contributed by atoms with Gasteiger partial charge in [-0.05, 0) is 30.0 Å². The maximum absolute atomic E-state index is 11.7. The molecule has 0 unspecified atom stereocenters. The molecule has 0 aromatic heterocycles. The van der Waals surface area contributed by atoms with Crippen LogP contribution < -0.4 is 5.32 Å². The predicted octanol–water partition coefficient (Wildman–Crippen LogP) is 2.47. The number of nitrogens with one attached hydrogen (secondary N) is 1. The quantitative estimate of drug-likeness (QED) is 0.794. The summed E-state index contributed by atoms with van der Waals surface area (Å²) in [5.74, 6) is 0.140. The molecule has 1 aliphatic rings. The van der Waals surface area contributed by atoms with Crippen LogP contribution in [-0.4, -0.2) is 19.1 Å². The highest BCUT2D eigenvalue weighted by molar-refractivity contribution is 5.91. The zero-order chi connectivity index (χ0) is 11.5. The van der Waals surface area contributed by atoms with E-state index in [1.54, 1.807) is 0 Å². The Labute approximate surface area is 95.8 Å². The van der Waals surface area contributed by atoms with Crippen LogP contribution in [0.25, 0.3) is 0 Å². The molecule has 16 heavy (non-hydrogen) atoms. The number of esters is 1. The maximum Gasteiger partial charge on any atom is 0.338 e. The summed E-state index contributed by atoms with van der Waals surface area (Å²) < 4.78 is 5.18. The summed E-state index contributed by atoms with van der Waals surface area (Å²) in [6, 6.07) is 5.72. The Kier molecular flexibility index (Phi) is 3.13. The summed E-state index contributed by atoms with van der Waals surface area (Å²) in [7, 11) is 0. The third-order valence-electron chi connectivity index (χ3n) is 2.60. The second-order valence-corrected chi connectivity index (χ2v) is 4.54. The molecule has 0 saturated heterocycles. The maximum atomic E-state index is 11.7. The molecule has 0 aliphatic carbocycles. The van der Waals surface area contributed by atoms with E-state index >= 15 is 0 Å². The minimum Gasteiger partial charge on any atom is -0.462 e. The van der Waals surface area contributed by atoms with Crippen molar-refractivity contribution in [3.05, 3.63) is 29.3 Å². The Morgan fingerprint density at radius 2 is 2.31 bits per heavy atom. The number of hydrogen-bond donors (Lipinski definition) is 1. The second-order valence-electron chi connectivity index (χ2n) is 4.54. The van der Waals surface area contributed by atoms with Gasteiger partial charge in [0.1, 0.15) is 0 Å². The van der Waals surface area contributed by atoms with E-state index in [1.165, 1.54) is 5.56 Å². The highest BCUT2D eigenvalue weighted by Gasteiger charge is 2.14. The van der Waals surface area contributed by atoms with E-state index < -0.39 is 0 Å². The van der Waals surface area contributed by atoms with Gasteiger partial charge in [-0.15, -0.1) is 0 Å². The standard InChI is InChI=1S/C13H17NO2/c1-9(2)8-16-13(15)11-4-3-10-5-6-14-12(10)7-11/h3-4,7,9,14H,5-6,8H2,1-2H3. The van der Waals surface area contributed by atoms with Gasteiger partial charge in [-0.1, -0.05) is 19.9 Å².